The highest BCUT2D eigenvalue weighted by Gasteiger charge is 2.53. The second-order valence-electron chi connectivity index (χ2n) is 20.6. The SMILES string of the molecule is COCCO[C@@H]1CC[C@@H](C[C@@H](C)[C@@H]2CC(=O)[C@H](C)/C=C(\C)[C@@H](OC)[C@@H](OC)C(=O)[C@H](C)C[C@H](C)/C=C/C=C/C=C(\C)[C@@H](OC)C[C@@H]3CC[C@@H](C)[C@@](O)(O3)C(=O)C(=O)N3CCCC[C@H]3C(=O)O2)C[C@H]1OC. The number of nitrogens with zero attached hydrogens (tertiary/aromatic N) is 1. The maximum absolute atomic E-state index is 14.5. The molecule has 2 saturated heterocycles. The summed E-state index contributed by atoms with van der Waals surface area (Å²) in [5.41, 5.74) is 1.55. The molecule has 15 atom stereocenters. The number of amides is 1. The number of hydrogen-bond donors (Lipinski definition) is 1. The van der Waals surface area contributed by atoms with Crippen LogP contribution in [0.1, 0.15) is 126 Å². The predicted octanol–water partition coefficient (Wildman–Crippen LogP) is 7.51. The number of aliphatic hydroxyl groups is 1. The molecule has 1 saturated carbocycles. The lowest BCUT2D eigenvalue weighted by molar-refractivity contribution is -0.265. The first-order valence-corrected chi connectivity index (χ1v) is 25.8. The number of piperidine rings is 1. The van der Waals surface area contributed by atoms with Gasteiger partial charge < -0.3 is 47.9 Å². The molecule has 0 spiro atoms. The summed E-state index contributed by atoms with van der Waals surface area (Å²) in [6.45, 7) is 14.2. The summed E-state index contributed by atoms with van der Waals surface area (Å²) in [6.07, 6.45) is 13.8. The van der Waals surface area contributed by atoms with Crippen molar-refractivity contribution >= 4 is 29.2 Å². The molecule has 396 valence electrons. The van der Waals surface area contributed by atoms with Crippen LogP contribution in [0.2, 0.25) is 0 Å². The van der Waals surface area contributed by atoms with E-state index in [1.54, 1.807) is 41.3 Å². The van der Waals surface area contributed by atoms with E-state index in [9.17, 15) is 29.1 Å². The fraction of sp³-hybridized carbons (Fsp3) is 0.764. The smallest absolute Gasteiger partial charge is 0.329 e. The van der Waals surface area contributed by atoms with E-state index in [0.717, 1.165) is 18.4 Å². The molecule has 70 heavy (non-hydrogen) atoms. The molecule has 0 aromatic carbocycles. The number of hydrogen-bond acceptors (Lipinski definition) is 14. The van der Waals surface area contributed by atoms with E-state index in [0.29, 0.717) is 70.2 Å². The number of cyclic esters (lactones) is 1. The molecule has 1 amide bonds. The molecule has 2 bridgehead atoms. The molecule has 15 heteroatoms. The molecule has 3 fully saturated rings. The zero-order chi connectivity index (χ0) is 51.7. The van der Waals surface area contributed by atoms with Gasteiger partial charge in [0.25, 0.3) is 11.7 Å². The molecule has 0 aromatic heterocycles. The molecular weight excluding hydrogens is 899 g/mol. The van der Waals surface area contributed by atoms with Crippen LogP contribution in [0.5, 0.6) is 0 Å². The number of allylic oxidation sites excluding steroid dienone is 6. The van der Waals surface area contributed by atoms with Crippen LogP contribution in [0.15, 0.2) is 47.6 Å². The number of fused-ring (bicyclic) bond motifs is 3. The highest BCUT2D eigenvalue weighted by atomic mass is 16.6. The Morgan fingerprint density at radius 1 is 0.786 bits per heavy atom. The van der Waals surface area contributed by atoms with Gasteiger partial charge in [0.2, 0.25) is 5.79 Å². The average molecular weight is 986 g/mol. The summed E-state index contributed by atoms with van der Waals surface area (Å²) in [7, 11) is 7.90. The van der Waals surface area contributed by atoms with E-state index in [2.05, 4.69) is 0 Å². The lowest BCUT2D eigenvalue weighted by atomic mass is 9.78. The molecule has 0 unspecified atom stereocenters. The van der Waals surface area contributed by atoms with Gasteiger partial charge in [-0.25, -0.2) is 4.79 Å². The van der Waals surface area contributed by atoms with E-state index >= 15 is 0 Å². The molecule has 15 nitrogen and oxygen atoms in total. The first kappa shape index (κ1) is 59.2. The number of methoxy groups -OCH3 is 5. The van der Waals surface area contributed by atoms with Crippen molar-refractivity contribution in [1.29, 1.82) is 0 Å². The zero-order valence-electron chi connectivity index (χ0n) is 44.4. The first-order chi connectivity index (χ1) is 33.3. The molecule has 3 aliphatic heterocycles. The molecular formula is C55H87NO14. The Bertz CT molecular complexity index is 1840. The van der Waals surface area contributed by atoms with Gasteiger partial charge >= 0.3 is 5.97 Å². The van der Waals surface area contributed by atoms with Crippen LogP contribution >= 0.6 is 0 Å². The normalized spacial score (nSPS) is 38.4. The molecule has 4 rings (SSSR count). The van der Waals surface area contributed by atoms with Gasteiger partial charge in [-0.05, 0) is 107 Å². The summed E-state index contributed by atoms with van der Waals surface area (Å²) >= 11 is 0. The van der Waals surface area contributed by atoms with Crippen molar-refractivity contribution in [3.63, 3.8) is 0 Å². The van der Waals surface area contributed by atoms with Gasteiger partial charge in [0.15, 0.2) is 5.78 Å². The predicted molar refractivity (Wildman–Crippen MR) is 266 cm³/mol. The number of carbonyl (C=O) groups excluding carboxylic acids is 5. The molecule has 1 aliphatic carbocycles. The fourth-order valence-electron chi connectivity index (χ4n) is 10.9. The van der Waals surface area contributed by atoms with Crippen LogP contribution in [0, 0.1) is 35.5 Å². The van der Waals surface area contributed by atoms with Crippen LogP contribution in [0.4, 0.5) is 0 Å². The summed E-state index contributed by atoms with van der Waals surface area (Å²) in [5, 5.41) is 12.0. The maximum Gasteiger partial charge on any atom is 0.329 e. The van der Waals surface area contributed by atoms with Gasteiger partial charge in [-0.1, -0.05) is 71.1 Å². The van der Waals surface area contributed by atoms with E-state index in [1.165, 1.54) is 19.1 Å². The monoisotopic (exact) mass is 986 g/mol. The van der Waals surface area contributed by atoms with E-state index < -0.39 is 71.8 Å². The number of ketones is 3. The third-order valence-electron chi connectivity index (χ3n) is 15.3. The number of esters is 1. The number of ether oxygens (including phenoxy) is 8. The van der Waals surface area contributed by atoms with Crippen LogP contribution in [0.25, 0.3) is 0 Å². The van der Waals surface area contributed by atoms with Crippen molar-refractivity contribution < 1.29 is 67.0 Å². The minimum Gasteiger partial charge on any atom is -0.460 e. The molecule has 0 radical (unpaired) electrons. The lowest BCUT2D eigenvalue weighted by Gasteiger charge is -2.42. The number of Topliss-reactive ketones (excluding diaryl/α,β-unsaturated/α-hetero) is 3. The van der Waals surface area contributed by atoms with Crippen molar-refractivity contribution in [2.75, 3.05) is 55.3 Å². The summed E-state index contributed by atoms with van der Waals surface area (Å²) in [4.78, 5) is 72.8. The Morgan fingerprint density at radius 2 is 1.51 bits per heavy atom. The molecule has 3 heterocycles. The Morgan fingerprint density at radius 3 is 2.19 bits per heavy atom. The van der Waals surface area contributed by atoms with Crippen LogP contribution in [-0.4, -0.2) is 149 Å². The lowest BCUT2D eigenvalue weighted by Crippen LogP contribution is -2.61. The van der Waals surface area contributed by atoms with Crippen LogP contribution < -0.4 is 0 Å². The quantitative estimate of drug-likeness (QED) is 0.0930. The van der Waals surface area contributed by atoms with Crippen molar-refractivity contribution in [2.45, 2.75) is 180 Å². The van der Waals surface area contributed by atoms with Crippen molar-refractivity contribution in [3.8, 4) is 0 Å². The second-order valence-corrected chi connectivity index (χ2v) is 20.6. The molecule has 0 aromatic rings. The van der Waals surface area contributed by atoms with Crippen molar-refractivity contribution in [3.05, 3.63) is 47.6 Å². The average Bonchev–Trinajstić information content (AvgIpc) is 3.34. The summed E-state index contributed by atoms with van der Waals surface area (Å²) < 4.78 is 47.3. The minimum absolute atomic E-state index is 0.0603. The fourth-order valence-corrected chi connectivity index (χ4v) is 10.9. The minimum atomic E-state index is -2.42. The highest BCUT2D eigenvalue weighted by molar-refractivity contribution is 6.39. The Hall–Kier alpha value is -3.41. The van der Waals surface area contributed by atoms with Crippen molar-refractivity contribution in [1.82, 2.24) is 4.90 Å². The largest absolute Gasteiger partial charge is 0.460 e. The highest BCUT2D eigenvalue weighted by Crippen LogP contribution is 2.38. The standard InChI is InChI=1S/C55H87NO14/c1-34-18-14-13-15-19-35(2)46(64-9)32-42-23-21-40(7)55(62,70-42)52(59)53(60)56-25-17-16-20-43(56)54(61)69-47(37(4)30-41-22-24-45(48(31-41)65-10)68-27-26-63-8)33-44(57)36(3)29-39(6)50(66-11)51(67-12)49(58)38(5)28-34/h13-15,18-19,29,34,36-38,40-43,45-48,50-51,62H,16-17,20-28,30-33H2,1-12H3/b15-13+,18-14+,35-19+,39-29+/t34-,36-,37-,38-,40-,41+,42+,43+,45-,46+,47+,48-,50-,51+,55-/m1/s1. The van der Waals surface area contributed by atoms with Gasteiger partial charge in [-0.2, -0.15) is 0 Å². The van der Waals surface area contributed by atoms with E-state index in [-0.39, 0.29) is 66.8 Å². The first-order valence-electron chi connectivity index (χ1n) is 25.8. The van der Waals surface area contributed by atoms with E-state index in [4.69, 9.17) is 37.9 Å². The zero-order valence-corrected chi connectivity index (χ0v) is 44.4. The Kier molecular flexibility index (Phi) is 24.3. The van der Waals surface area contributed by atoms with Crippen molar-refractivity contribution in [2.24, 2.45) is 35.5 Å². The molecule has 4 aliphatic rings. The van der Waals surface area contributed by atoms with Gasteiger partial charge in [0, 0.05) is 72.7 Å². The third-order valence-corrected chi connectivity index (χ3v) is 15.3. The molecule has 1 N–H and O–H groups in total. The van der Waals surface area contributed by atoms with Gasteiger partial charge in [-0.3, -0.25) is 19.2 Å². The number of carbonyl (C=O) groups is 5. The Balaban J connectivity index is 1.71. The summed E-state index contributed by atoms with van der Waals surface area (Å²) in [6, 6.07) is -1.12. The third kappa shape index (κ3) is 16.0. The second kappa shape index (κ2) is 28.7. The van der Waals surface area contributed by atoms with Crippen LogP contribution in [0.3, 0.4) is 0 Å². The Labute approximate surface area is 418 Å². The number of rotatable bonds is 11. The van der Waals surface area contributed by atoms with Gasteiger partial charge in [-0.15, -0.1) is 0 Å². The summed E-state index contributed by atoms with van der Waals surface area (Å²) in [5.74, 6) is -7.32. The van der Waals surface area contributed by atoms with Gasteiger partial charge in [0.05, 0.1) is 37.6 Å². The van der Waals surface area contributed by atoms with Gasteiger partial charge in [0.1, 0.15) is 30.1 Å². The maximum atomic E-state index is 14.5. The topological polar surface area (TPSA) is 183 Å². The van der Waals surface area contributed by atoms with Crippen LogP contribution in [-0.2, 0) is 61.9 Å². The van der Waals surface area contributed by atoms with E-state index in [1.807, 2.05) is 65.0 Å².